The van der Waals surface area contributed by atoms with Gasteiger partial charge in [0.2, 0.25) is 0 Å². The lowest BCUT2D eigenvalue weighted by atomic mass is 10.1. The topological polar surface area (TPSA) is 61.7 Å². The maximum atomic E-state index is 12.9. The van der Waals surface area contributed by atoms with E-state index in [0.29, 0.717) is 34.2 Å². The Morgan fingerprint density at radius 3 is 2.23 bits per heavy atom. The van der Waals surface area contributed by atoms with Crippen LogP contribution in [0.4, 0.5) is 5.69 Å². The first-order valence-corrected chi connectivity index (χ1v) is 8.01. The van der Waals surface area contributed by atoms with Crippen molar-refractivity contribution < 1.29 is 19.0 Å². The van der Waals surface area contributed by atoms with Crippen molar-refractivity contribution in [2.24, 2.45) is 0 Å². The fourth-order valence-electron chi connectivity index (χ4n) is 2.66. The van der Waals surface area contributed by atoms with Crippen LogP contribution < -0.4 is 19.5 Å². The fourth-order valence-corrected chi connectivity index (χ4v) is 2.66. The second-order valence-corrected chi connectivity index (χ2v) is 5.50. The van der Waals surface area contributed by atoms with Gasteiger partial charge in [-0.3, -0.25) is 4.79 Å². The van der Waals surface area contributed by atoms with E-state index in [-0.39, 0.29) is 5.91 Å². The molecule has 1 heterocycles. The van der Waals surface area contributed by atoms with Gasteiger partial charge in [0.05, 0.1) is 32.6 Å². The Morgan fingerprint density at radius 2 is 1.58 bits per heavy atom. The molecule has 1 amide bonds. The van der Waals surface area contributed by atoms with Gasteiger partial charge in [-0.2, -0.15) is 0 Å². The molecule has 0 bridgehead atoms. The van der Waals surface area contributed by atoms with Crippen molar-refractivity contribution >= 4 is 11.6 Å². The maximum Gasteiger partial charge on any atom is 0.257 e. The molecule has 0 atom stereocenters. The van der Waals surface area contributed by atoms with Crippen molar-refractivity contribution in [2.75, 3.05) is 26.6 Å². The normalized spacial score (nSPS) is 10.3. The number of hydrogen-bond donors (Lipinski definition) is 1. The van der Waals surface area contributed by atoms with Crippen LogP contribution in [-0.4, -0.2) is 31.8 Å². The van der Waals surface area contributed by atoms with E-state index >= 15 is 0 Å². The fraction of sp³-hybridized carbons (Fsp3) is 0.150. The molecule has 0 fully saturated rings. The van der Waals surface area contributed by atoms with Crippen molar-refractivity contribution in [2.45, 2.75) is 0 Å². The number of nitrogens with zero attached hydrogens (tertiary/aromatic N) is 1. The second-order valence-electron chi connectivity index (χ2n) is 5.50. The van der Waals surface area contributed by atoms with Gasteiger partial charge in [0, 0.05) is 30.2 Å². The maximum absolute atomic E-state index is 12.9. The van der Waals surface area contributed by atoms with Gasteiger partial charge < -0.3 is 24.1 Å². The molecule has 0 spiro atoms. The minimum absolute atomic E-state index is 0.261. The Labute approximate surface area is 151 Å². The lowest BCUT2D eigenvalue weighted by molar-refractivity contribution is 0.102. The standard InChI is InChI=1S/C20H20N2O4/c1-24-15-8-6-7-14(11-15)21-20(23)16-12-18(25-2)19(26-3)13-17(16)22-9-4-5-10-22/h4-13H,1-3H3,(H,21,23). The van der Waals surface area contributed by atoms with Gasteiger partial charge in [-0.1, -0.05) is 6.07 Å². The van der Waals surface area contributed by atoms with Crippen LogP contribution in [0.15, 0.2) is 60.9 Å². The summed E-state index contributed by atoms with van der Waals surface area (Å²) in [5.74, 6) is 1.44. The number of carbonyl (C=O) groups is 1. The lowest BCUT2D eigenvalue weighted by Gasteiger charge is -2.16. The molecule has 1 aromatic heterocycles. The number of amides is 1. The smallest absolute Gasteiger partial charge is 0.257 e. The predicted octanol–water partition coefficient (Wildman–Crippen LogP) is 3.76. The first-order chi connectivity index (χ1) is 12.7. The number of nitrogens with one attached hydrogen (secondary N) is 1. The number of methoxy groups -OCH3 is 3. The minimum atomic E-state index is -0.261. The SMILES string of the molecule is COc1cccc(NC(=O)c2cc(OC)c(OC)cc2-n2cccc2)c1. The summed E-state index contributed by atoms with van der Waals surface area (Å²) < 4.78 is 17.8. The number of ether oxygens (including phenoxy) is 3. The number of carbonyl (C=O) groups excluding carboxylic acids is 1. The molecule has 3 aromatic rings. The average molecular weight is 352 g/mol. The zero-order valence-corrected chi connectivity index (χ0v) is 14.9. The van der Waals surface area contributed by atoms with Gasteiger partial charge >= 0.3 is 0 Å². The molecule has 0 aliphatic rings. The molecule has 1 N–H and O–H groups in total. The summed E-state index contributed by atoms with van der Waals surface area (Å²) in [5.41, 5.74) is 1.79. The number of hydrogen-bond acceptors (Lipinski definition) is 4. The highest BCUT2D eigenvalue weighted by atomic mass is 16.5. The zero-order valence-electron chi connectivity index (χ0n) is 14.9. The quantitative estimate of drug-likeness (QED) is 0.734. The number of benzene rings is 2. The first-order valence-electron chi connectivity index (χ1n) is 8.01. The molecular formula is C20H20N2O4. The average Bonchev–Trinajstić information content (AvgIpc) is 3.21. The van der Waals surface area contributed by atoms with Crippen LogP contribution in [0.2, 0.25) is 0 Å². The van der Waals surface area contributed by atoms with Gasteiger partial charge in [0.1, 0.15) is 5.75 Å². The Kier molecular flexibility index (Phi) is 5.12. The van der Waals surface area contributed by atoms with E-state index in [1.165, 1.54) is 7.11 Å². The van der Waals surface area contributed by atoms with Gasteiger partial charge in [-0.25, -0.2) is 0 Å². The molecular weight excluding hydrogens is 332 g/mol. The zero-order chi connectivity index (χ0) is 18.5. The van der Waals surface area contributed by atoms with E-state index in [1.54, 1.807) is 38.5 Å². The van der Waals surface area contributed by atoms with E-state index in [0.717, 1.165) is 0 Å². The van der Waals surface area contributed by atoms with Crippen molar-refractivity contribution in [3.05, 3.63) is 66.5 Å². The number of rotatable bonds is 6. The third kappa shape index (κ3) is 3.49. The number of aromatic nitrogens is 1. The van der Waals surface area contributed by atoms with Crippen molar-refractivity contribution in [3.8, 4) is 22.9 Å². The van der Waals surface area contributed by atoms with Crippen LogP contribution in [0.1, 0.15) is 10.4 Å². The van der Waals surface area contributed by atoms with Crippen LogP contribution in [0.25, 0.3) is 5.69 Å². The van der Waals surface area contributed by atoms with Crippen molar-refractivity contribution in [3.63, 3.8) is 0 Å². The summed E-state index contributed by atoms with van der Waals surface area (Å²) in [6.07, 6.45) is 3.73. The van der Waals surface area contributed by atoms with E-state index < -0.39 is 0 Å². The largest absolute Gasteiger partial charge is 0.497 e. The summed E-state index contributed by atoms with van der Waals surface area (Å²) in [7, 11) is 4.68. The molecule has 2 aromatic carbocycles. The van der Waals surface area contributed by atoms with Gasteiger partial charge in [0.25, 0.3) is 5.91 Å². The highest BCUT2D eigenvalue weighted by molar-refractivity contribution is 6.07. The highest BCUT2D eigenvalue weighted by Gasteiger charge is 2.18. The molecule has 6 nitrogen and oxygen atoms in total. The summed E-state index contributed by atoms with van der Waals surface area (Å²) in [4.78, 5) is 12.9. The Balaban J connectivity index is 2.02. The van der Waals surface area contributed by atoms with E-state index in [4.69, 9.17) is 14.2 Å². The minimum Gasteiger partial charge on any atom is -0.497 e. The third-order valence-electron chi connectivity index (χ3n) is 3.96. The Bertz CT molecular complexity index is 904. The first kappa shape index (κ1) is 17.4. The van der Waals surface area contributed by atoms with Crippen LogP contribution >= 0.6 is 0 Å². The molecule has 0 aliphatic carbocycles. The lowest BCUT2D eigenvalue weighted by Crippen LogP contribution is -2.15. The van der Waals surface area contributed by atoms with Crippen LogP contribution in [-0.2, 0) is 0 Å². The van der Waals surface area contributed by atoms with E-state index in [2.05, 4.69) is 5.32 Å². The Hall–Kier alpha value is -3.41. The van der Waals surface area contributed by atoms with Crippen LogP contribution in [0, 0.1) is 0 Å². The molecule has 134 valence electrons. The monoisotopic (exact) mass is 352 g/mol. The second kappa shape index (κ2) is 7.65. The molecule has 0 unspecified atom stereocenters. The summed E-state index contributed by atoms with van der Waals surface area (Å²) in [5, 5.41) is 2.90. The summed E-state index contributed by atoms with van der Waals surface area (Å²) in [6, 6.07) is 14.4. The van der Waals surface area contributed by atoms with Crippen LogP contribution in [0.5, 0.6) is 17.2 Å². The summed E-state index contributed by atoms with van der Waals surface area (Å²) in [6.45, 7) is 0. The molecule has 0 aliphatic heterocycles. The van der Waals surface area contributed by atoms with E-state index in [1.807, 2.05) is 41.2 Å². The molecule has 26 heavy (non-hydrogen) atoms. The van der Waals surface area contributed by atoms with Crippen molar-refractivity contribution in [1.29, 1.82) is 0 Å². The number of anilines is 1. The molecule has 0 radical (unpaired) electrons. The van der Waals surface area contributed by atoms with Gasteiger partial charge in [-0.05, 0) is 30.3 Å². The van der Waals surface area contributed by atoms with E-state index in [9.17, 15) is 4.79 Å². The molecule has 6 heteroatoms. The van der Waals surface area contributed by atoms with Crippen LogP contribution in [0.3, 0.4) is 0 Å². The molecule has 3 rings (SSSR count). The van der Waals surface area contributed by atoms with Gasteiger partial charge in [0.15, 0.2) is 11.5 Å². The molecule has 0 saturated carbocycles. The third-order valence-corrected chi connectivity index (χ3v) is 3.96. The Morgan fingerprint density at radius 1 is 0.885 bits per heavy atom. The highest BCUT2D eigenvalue weighted by Crippen LogP contribution is 2.33. The predicted molar refractivity (Wildman–Crippen MR) is 99.8 cm³/mol. The van der Waals surface area contributed by atoms with Crippen molar-refractivity contribution in [1.82, 2.24) is 4.57 Å². The summed E-state index contributed by atoms with van der Waals surface area (Å²) >= 11 is 0. The molecule has 0 saturated heterocycles. The van der Waals surface area contributed by atoms with Gasteiger partial charge in [-0.15, -0.1) is 0 Å².